The second-order valence-electron chi connectivity index (χ2n) is 8.22. The first-order valence-corrected chi connectivity index (χ1v) is 7.79. The third-order valence-corrected chi connectivity index (χ3v) is 2.92. The number of hydrogen-bond donors (Lipinski definition) is 3. The zero-order valence-electron chi connectivity index (χ0n) is 15.0. The Morgan fingerprint density at radius 3 is 1.15 bits per heavy atom. The van der Waals surface area contributed by atoms with Gasteiger partial charge in [-0.25, -0.2) is 0 Å². The van der Waals surface area contributed by atoms with Crippen molar-refractivity contribution >= 4 is 0 Å². The highest BCUT2D eigenvalue weighted by molar-refractivity contribution is 4.72. The fourth-order valence-corrected chi connectivity index (χ4v) is 1.55. The van der Waals surface area contributed by atoms with Crippen molar-refractivity contribution in [2.45, 2.75) is 104 Å². The van der Waals surface area contributed by atoms with Crippen molar-refractivity contribution < 1.29 is 15.3 Å². The molecule has 3 nitrogen and oxygen atoms in total. The van der Waals surface area contributed by atoms with Crippen LogP contribution in [-0.4, -0.2) is 32.1 Å². The summed E-state index contributed by atoms with van der Waals surface area (Å²) >= 11 is 0. The highest BCUT2D eigenvalue weighted by Gasteiger charge is 2.19. The van der Waals surface area contributed by atoms with Gasteiger partial charge in [0.1, 0.15) is 0 Å². The van der Waals surface area contributed by atoms with Crippen LogP contribution >= 0.6 is 0 Å². The molecule has 0 unspecified atom stereocenters. The molecule has 0 aromatic rings. The Hall–Kier alpha value is -0.120. The third-order valence-electron chi connectivity index (χ3n) is 2.92. The van der Waals surface area contributed by atoms with E-state index in [1.165, 1.54) is 6.42 Å². The minimum Gasteiger partial charge on any atom is -0.390 e. The standard InChI is InChI=1S/C9H20O.C8H18O2/c1-8(2)6-5-7-9(3,4)10;1-7(2,9)5-6-8(3,4)10/h8,10H,5-7H2,1-4H3;9-10H,5-6H2,1-4H3. The predicted molar refractivity (Wildman–Crippen MR) is 86.8 cm³/mol. The molecule has 0 aromatic carbocycles. The van der Waals surface area contributed by atoms with E-state index >= 15 is 0 Å². The van der Waals surface area contributed by atoms with Gasteiger partial charge in [0.25, 0.3) is 0 Å². The van der Waals surface area contributed by atoms with Crippen LogP contribution in [0.15, 0.2) is 0 Å². The lowest BCUT2D eigenvalue weighted by molar-refractivity contribution is 0.0169. The van der Waals surface area contributed by atoms with Gasteiger partial charge < -0.3 is 15.3 Å². The molecule has 0 aliphatic carbocycles. The zero-order chi connectivity index (χ0) is 16.6. The largest absolute Gasteiger partial charge is 0.390 e. The first-order chi connectivity index (χ1) is 8.62. The lowest BCUT2D eigenvalue weighted by atomic mass is 9.94. The van der Waals surface area contributed by atoms with Gasteiger partial charge >= 0.3 is 0 Å². The molecular weight excluding hydrogens is 252 g/mol. The summed E-state index contributed by atoms with van der Waals surface area (Å²) in [5.41, 5.74) is -1.77. The molecule has 0 amide bonds. The molecular formula is C17H38O3. The topological polar surface area (TPSA) is 60.7 Å². The van der Waals surface area contributed by atoms with Crippen molar-refractivity contribution in [2.24, 2.45) is 5.92 Å². The number of hydrogen-bond acceptors (Lipinski definition) is 3. The van der Waals surface area contributed by atoms with Gasteiger partial charge in [-0.3, -0.25) is 0 Å². The van der Waals surface area contributed by atoms with Crippen LogP contribution in [0.1, 0.15) is 87.5 Å². The maximum atomic E-state index is 9.33. The monoisotopic (exact) mass is 290 g/mol. The van der Waals surface area contributed by atoms with Gasteiger partial charge in [0, 0.05) is 0 Å². The van der Waals surface area contributed by atoms with Gasteiger partial charge in [-0.15, -0.1) is 0 Å². The number of rotatable bonds is 7. The van der Waals surface area contributed by atoms with E-state index in [0.717, 1.165) is 18.8 Å². The van der Waals surface area contributed by atoms with E-state index in [4.69, 9.17) is 0 Å². The van der Waals surface area contributed by atoms with Gasteiger partial charge in [-0.1, -0.05) is 26.7 Å². The normalized spacial score (nSPS) is 13.2. The summed E-state index contributed by atoms with van der Waals surface area (Å²) in [6.45, 7) is 15.2. The van der Waals surface area contributed by atoms with Gasteiger partial charge in [-0.05, 0) is 66.7 Å². The molecule has 0 aliphatic heterocycles. The van der Waals surface area contributed by atoms with Gasteiger partial charge in [-0.2, -0.15) is 0 Å². The average Bonchev–Trinajstić information content (AvgIpc) is 2.10. The molecule has 20 heavy (non-hydrogen) atoms. The average molecular weight is 290 g/mol. The molecule has 3 N–H and O–H groups in total. The van der Waals surface area contributed by atoms with Crippen LogP contribution in [0.5, 0.6) is 0 Å². The summed E-state index contributed by atoms with van der Waals surface area (Å²) < 4.78 is 0. The molecule has 0 aliphatic rings. The first-order valence-electron chi connectivity index (χ1n) is 7.79. The van der Waals surface area contributed by atoms with Gasteiger partial charge in [0.05, 0.1) is 16.8 Å². The molecule has 124 valence electrons. The van der Waals surface area contributed by atoms with Crippen molar-refractivity contribution in [3.05, 3.63) is 0 Å². The van der Waals surface area contributed by atoms with Crippen LogP contribution in [0.2, 0.25) is 0 Å². The molecule has 0 saturated heterocycles. The maximum Gasteiger partial charge on any atom is 0.0592 e. The Kier molecular flexibility index (Phi) is 9.99. The van der Waals surface area contributed by atoms with Gasteiger partial charge in [0.15, 0.2) is 0 Å². The van der Waals surface area contributed by atoms with Crippen molar-refractivity contribution in [1.82, 2.24) is 0 Å². The maximum absolute atomic E-state index is 9.33. The van der Waals surface area contributed by atoms with E-state index in [2.05, 4.69) is 13.8 Å². The Bertz CT molecular complexity index is 212. The molecule has 0 bridgehead atoms. The van der Waals surface area contributed by atoms with E-state index < -0.39 is 16.8 Å². The summed E-state index contributed by atoms with van der Waals surface area (Å²) in [6, 6.07) is 0. The molecule has 3 heteroatoms. The summed E-state index contributed by atoms with van der Waals surface area (Å²) in [4.78, 5) is 0. The Morgan fingerprint density at radius 1 is 0.650 bits per heavy atom. The predicted octanol–water partition coefficient (Wildman–Crippen LogP) is 3.89. The fraction of sp³-hybridized carbons (Fsp3) is 1.00. The van der Waals surface area contributed by atoms with Crippen molar-refractivity contribution in [3.63, 3.8) is 0 Å². The van der Waals surface area contributed by atoms with Crippen LogP contribution in [0.25, 0.3) is 0 Å². The summed E-state index contributed by atoms with van der Waals surface area (Å²) in [5.74, 6) is 0.766. The molecule has 0 radical (unpaired) electrons. The molecule has 0 fully saturated rings. The Morgan fingerprint density at radius 2 is 0.950 bits per heavy atom. The lowest BCUT2D eigenvalue weighted by Gasteiger charge is -2.23. The van der Waals surface area contributed by atoms with E-state index in [1.54, 1.807) is 27.7 Å². The zero-order valence-corrected chi connectivity index (χ0v) is 15.0. The van der Waals surface area contributed by atoms with Crippen LogP contribution < -0.4 is 0 Å². The molecule has 0 saturated carbocycles. The first kappa shape index (κ1) is 22.2. The van der Waals surface area contributed by atoms with Crippen LogP contribution in [0.3, 0.4) is 0 Å². The molecule has 0 atom stereocenters. The molecule has 0 rings (SSSR count). The minimum absolute atomic E-state index is 0.463. The minimum atomic E-state index is -0.653. The van der Waals surface area contributed by atoms with Crippen molar-refractivity contribution in [3.8, 4) is 0 Å². The van der Waals surface area contributed by atoms with Crippen LogP contribution in [-0.2, 0) is 0 Å². The van der Waals surface area contributed by atoms with E-state index in [0.29, 0.717) is 12.8 Å². The quantitative estimate of drug-likeness (QED) is 0.666. The second kappa shape index (κ2) is 9.01. The third kappa shape index (κ3) is 26.4. The van der Waals surface area contributed by atoms with E-state index in [1.807, 2.05) is 13.8 Å². The summed E-state index contributed by atoms with van der Waals surface area (Å²) in [5, 5.41) is 27.9. The smallest absolute Gasteiger partial charge is 0.0592 e. The Balaban J connectivity index is 0. The highest BCUT2D eigenvalue weighted by Crippen LogP contribution is 2.18. The second-order valence-corrected chi connectivity index (χ2v) is 8.22. The van der Waals surface area contributed by atoms with Crippen molar-refractivity contribution in [1.29, 1.82) is 0 Å². The fourth-order valence-electron chi connectivity index (χ4n) is 1.55. The molecule has 0 aromatic heterocycles. The van der Waals surface area contributed by atoms with Gasteiger partial charge in [0.2, 0.25) is 0 Å². The van der Waals surface area contributed by atoms with E-state index in [9.17, 15) is 15.3 Å². The highest BCUT2D eigenvalue weighted by atomic mass is 16.3. The summed E-state index contributed by atoms with van der Waals surface area (Å²) in [6.07, 6.45) is 4.56. The molecule has 0 heterocycles. The molecule has 0 spiro atoms. The summed E-state index contributed by atoms with van der Waals surface area (Å²) in [7, 11) is 0. The lowest BCUT2D eigenvalue weighted by Crippen LogP contribution is -2.26. The van der Waals surface area contributed by atoms with Crippen molar-refractivity contribution in [2.75, 3.05) is 0 Å². The SMILES string of the molecule is CC(C)(O)CCC(C)(C)O.CC(C)CCCC(C)(C)O. The van der Waals surface area contributed by atoms with E-state index in [-0.39, 0.29) is 0 Å². The number of aliphatic hydroxyl groups is 3. The van der Waals surface area contributed by atoms with Crippen LogP contribution in [0, 0.1) is 5.92 Å². The van der Waals surface area contributed by atoms with Crippen LogP contribution in [0.4, 0.5) is 0 Å². The Labute approximate surface area is 126 Å².